The number of fused-ring (bicyclic) bond motifs is 1. The molecule has 0 bridgehead atoms. The van der Waals surface area contributed by atoms with Crippen LogP contribution in [0.15, 0.2) is 84.4 Å². The standard InChI is InChI=1S/C25H18ClNO2/c26-21-6-3-4-17(15-21)10-13-24(28)27-22-11-8-18(9-12-22)14-20-16-19-5-1-2-7-23(19)25(20)29/h1-15H,16H2,(H,27,28)/b13-10+,20-14+. The molecule has 142 valence electrons. The maximum absolute atomic E-state index is 12.5. The van der Waals surface area contributed by atoms with E-state index in [0.29, 0.717) is 17.1 Å². The second-order valence-electron chi connectivity index (χ2n) is 6.83. The van der Waals surface area contributed by atoms with E-state index in [-0.39, 0.29) is 11.7 Å². The quantitative estimate of drug-likeness (QED) is 0.562. The highest BCUT2D eigenvalue weighted by atomic mass is 35.5. The molecule has 1 amide bonds. The van der Waals surface area contributed by atoms with E-state index in [2.05, 4.69) is 5.32 Å². The van der Waals surface area contributed by atoms with Crippen LogP contribution in [-0.4, -0.2) is 11.7 Å². The maximum atomic E-state index is 12.5. The highest BCUT2D eigenvalue weighted by Gasteiger charge is 2.23. The van der Waals surface area contributed by atoms with Gasteiger partial charge in [0.15, 0.2) is 5.78 Å². The fraction of sp³-hybridized carbons (Fsp3) is 0.0400. The number of Topliss-reactive ketones (excluding diaryl/α,β-unsaturated/α-hetero) is 1. The molecule has 1 N–H and O–H groups in total. The molecule has 0 aromatic heterocycles. The predicted molar refractivity (Wildman–Crippen MR) is 118 cm³/mol. The van der Waals surface area contributed by atoms with Crippen molar-refractivity contribution in [3.63, 3.8) is 0 Å². The number of ketones is 1. The van der Waals surface area contributed by atoms with Crippen LogP contribution in [0.2, 0.25) is 5.02 Å². The summed E-state index contributed by atoms with van der Waals surface area (Å²) in [5, 5.41) is 3.45. The van der Waals surface area contributed by atoms with Gasteiger partial charge in [-0.05, 0) is 53.1 Å². The van der Waals surface area contributed by atoms with Crippen molar-refractivity contribution in [1.82, 2.24) is 0 Å². The van der Waals surface area contributed by atoms with Crippen LogP contribution in [0.1, 0.15) is 27.0 Å². The van der Waals surface area contributed by atoms with Gasteiger partial charge in [-0.2, -0.15) is 0 Å². The summed E-state index contributed by atoms with van der Waals surface area (Å²) in [5.74, 6) is -0.137. The highest BCUT2D eigenvalue weighted by Crippen LogP contribution is 2.27. The summed E-state index contributed by atoms with van der Waals surface area (Å²) in [4.78, 5) is 24.6. The lowest BCUT2D eigenvalue weighted by atomic mass is 10.1. The lowest BCUT2D eigenvalue weighted by Crippen LogP contribution is -2.07. The van der Waals surface area contributed by atoms with Gasteiger partial charge in [0.1, 0.15) is 0 Å². The van der Waals surface area contributed by atoms with E-state index in [9.17, 15) is 9.59 Å². The number of rotatable bonds is 4. The topological polar surface area (TPSA) is 46.2 Å². The fourth-order valence-electron chi connectivity index (χ4n) is 3.30. The number of carbonyl (C=O) groups is 2. The predicted octanol–water partition coefficient (Wildman–Crippen LogP) is 5.81. The zero-order valence-electron chi connectivity index (χ0n) is 15.6. The van der Waals surface area contributed by atoms with E-state index >= 15 is 0 Å². The molecule has 0 unspecified atom stereocenters. The number of hydrogen-bond acceptors (Lipinski definition) is 2. The molecule has 0 fully saturated rings. The summed E-state index contributed by atoms with van der Waals surface area (Å²) in [6, 6.07) is 22.4. The summed E-state index contributed by atoms with van der Waals surface area (Å²) in [7, 11) is 0. The van der Waals surface area contributed by atoms with Crippen molar-refractivity contribution >= 4 is 41.1 Å². The van der Waals surface area contributed by atoms with Crippen molar-refractivity contribution < 1.29 is 9.59 Å². The summed E-state index contributed by atoms with van der Waals surface area (Å²) in [5.41, 5.74) is 5.11. The van der Waals surface area contributed by atoms with Crippen LogP contribution in [-0.2, 0) is 11.2 Å². The number of carbonyl (C=O) groups excluding carboxylic acids is 2. The Morgan fingerprint density at radius 2 is 1.72 bits per heavy atom. The molecule has 0 saturated carbocycles. The van der Waals surface area contributed by atoms with Crippen LogP contribution in [0.3, 0.4) is 0 Å². The largest absolute Gasteiger partial charge is 0.323 e. The van der Waals surface area contributed by atoms with Crippen molar-refractivity contribution in [1.29, 1.82) is 0 Å². The van der Waals surface area contributed by atoms with Gasteiger partial charge in [-0.25, -0.2) is 0 Å². The average molecular weight is 400 g/mol. The van der Waals surface area contributed by atoms with Crippen LogP contribution in [0, 0.1) is 0 Å². The molecule has 0 radical (unpaired) electrons. The Hall–Kier alpha value is -3.43. The first-order valence-electron chi connectivity index (χ1n) is 9.26. The van der Waals surface area contributed by atoms with E-state index in [1.54, 1.807) is 18.2 Å². The Kier molecular flexibility index (Phi) is 5.41. The smallest absolute Gasteiger partial charge is 0.248 e. The number of allylic oxidation sites excluding steroid dienone is 1. The molecule has 0 saturated heterocycles. The number of benzene rings is 3. The molecule has 3 nitrogen and oxygen atoms in total. The Morgan fingerprint density at radius 3 is 2.48 bits per heavy atom. The van der Waals surface area contributed by atoms with E-state index in [1.165, 1.54) is 6.08 Å². The number of hydrogen-bond donors (Lipinski definition) is 1. The number of amides is 1. The van der Waals surface area contributed by atoms with Crippen molar-refractivity contribution in [3.05, 3.63) is 112 Å². The first-order valence-corrected chi connectivity index (χ1v) is 9.64. The first kappa shape index (κ1) is 18.9. The summed E-state index contributed by atoms with van der Waals surface area (Å²) in [6.45, 7) is 0. The van der Waals surface area contributed by atoms with Crippen molar-refractivity contribution in [2.75, 3.05) is 5.32 Å². The fourth-order valence-corrected chi connectivity index (χ4v) is 3.50. The Labute approximate surface area is 174 Å². The minimum absolute atomic E-state index is 0.0872. The minimum atomic E-state index is -0.225. The van der Waals surface area contributed by atoms with Gasteiger partial charge in [0.05, 0.1) is 0 Å². The lowest BCUT2D eigenvalue weighted by Gasteiger charge is -2.03. The van der Waals surface area contributed by atoms with Gasteiger partial charge in [-0.1, -0.05) is 60.1 Å². The Balaban J connectivity index is 1.41. The van der Waals surface area contributed by atoms with E-state index in [1.807, 2.05) is 66.7 Å². The van der Waals surface area contributed by atoms with Gasteiger partial charge in [0.2, 0.25) is 5.91 Å². The first-order chi connectivity index (χ1) is 14.1. The van der Waals surface area contributed by atoms with Gasteiger partial charge in [0.25, 0.3) is 0 Å². The summed E-state index contributed by atoms with van der Waals surface area (Å²) in [6.07, 6.45) is 5.74. The molecular weight excluding hydrogens is 382 g/mol. The third-order valence-corrected chi connectivity index (χ3v) is 4.96. The van der Waals surface area contributed by atoms with Crippen molar-refractivity contribution in [2.24, 2.45) is 0 Å². The number of nitrogens with one attached hydrogen (secondary N) is 1. The second-order valence-corrected chi connectivity index (χ2v) is 7.27. The molecule has 0 atom stereocenters. The third kappa shape index (κ3) is 4.53. The molecule has 0 spiro atoms. The van der Waals surface area contributed by atoms with E-state index in [0.717, 1.165) is 27.8 Å². The minimum Gasteiger partial charge on any atom is -0.323 e. The molecule has 29 heavy (non-hydrogen) atoms. The third-order valence-electron chi connectivity index (χ3n) is 4.73. The number of halogens is 1. The average Bonchev–Trinajstić information content (AvgIpc) is 3.04. The molecule has 3 aromatic carbocycles. The van der Waals surface area contributed by atoms with Crippen molar-refractivity contribution in [3.8, 4) is 0 Å². The normalized spacial score (nSPS) is 14.4. The van der Waals surface area contributed by atoms with E-state index in [4.69, 9.17) is 11.6 Å². The number of anilines is 1. The zero-order valence-corrected chi connectivity index (χ0v) is 16.3. The molecule has 0 heterocycles. The van der Waals surface area contributed by atoms with Crippen LogP contribution >= 0.6 is 11.6 Å². The van der Waals surface area contributed by atoms with Crippen LogP contribution in [0.4, 0.5) is 5.69 Å². The lowest BCUT2D eigenvalue weighted by molar-refractivity contribution is -0.111. The molecule has 1 aliphatic rings. The van der Waals surface area contributed by atoms with Gasteiger partial charge in [-0.3, -0.25) is 9.59 Å². The molecular formula is C25H18ClNO2. The van der Waals surface area contributed by atoms with Gasteiger partial charge in [0, 0.05) is 34.3 Å². The van der Waals surface area contributed by atoms with Crippen molar-refractivity contribution in [2.45, 2.75) is 6.42 Å². The summed E-state index contributed by atoms with van der Waals surface area (Å²) >= 11 is 5.94. The Bertz CT molecular complexity index is 1140. The maximum Gasteiger partial charge on any atom is 0.248 e. The monoisotopic (exact) mass is 399 g/mol. The molecule has 4 heteroatoms. The van der Waals surface area contributed by atoms with Gasteiger partial charge in [-0.15, -0.1) is 0 Å². The van der Waals surface area contributed by atoms with Crippen LogP contribution in [0.25, 0.3) is 12.2 Å². The summed E-state index contributed by atoms with van der Waals surface area (Å²) < 4.78 is 0. The zero-order chi connectivity index (χ0) is 20.2. The van der Waals surface area contributed by atoms with Gasteiger partial charge < -0.3 is 5.32 Å². The SMILES string of the molecule is O=C(/C=C/c1cccc(Cl)c1)Nc1ccc(/C=C2\Cc3ccccc3C2=O)cc1. The molecule has 1 aliphatic carbocycles. The molecule has 4 rings (SSSR count). The second kappa shape index (κ2) is 8.29. The Morgan fingerprint density at radius 1 is 0.931 bits per heavy atom. The molecule has 0 aliphatic heterocycles. The molecule has 3 aromatic rings. The van der Waals surface area contributed by atoms with Crippen LogP contribution < -0.4 is 5.32 Å². The van der Waals surface area contributed by atoms with E-state index < -0.39 is 0 Å². The van der Waals surface area contributed by atoms with Gasteiger partial charge >= 0.3 is 0 Å². The van der Waals surface area contributed by atoms with Crippen LogP contribution in [0.5, 0.6) is 0 Å². The highest BCUT2D eigenvalue weighted by molar-refractivity contribution is 6.30.